The number of hydrogen-bond donors (Lipinski definition) is 0. The molecule has 12 rings (SSSR count). The molecule has 0 atom stereocenters. The Morgan fingerprint density at radius 1 is 0.333 bits per heavy atom. The van der Waals surface area contributed by atoms with E-state index in [1.54, 1.807) is 0 Å². The molecule has 0 saturated carbocycles. The smallest absolute Gasteiger partial charge is 0.164 e. The summed E-state index contributed by atoms with van der Waals surface area (Å²) in [6, 6.07) is 62.6. The van der Waals surface area contributed by atoms with Crippen molar-refractivity contribution in [3.8, 4) is 45.7 Å². The third kappa shape index (κ3) is 5.01. The molecule has 266 valence electrons. The van der Waals surface area contributed by atoms with Crippen LogP contribution in [0.15, 0.2) is 186 Å². The molecule has 0 radical (unpaired) electrons. The normalized spacial score (nSPS) is 12.3. The van der Waals surface area contributed by atoms with Gasteiger partial charge in [0.25, 0.3) is 0 Å². The van der Waals surface area contributed by atoms with E-state index in [-0.39, 0.29) is 0 Å². The van der Waals surface area contributed by atoms with Gasteiger partial charge in [0.15, 0.2) is 29.0 Å². The minimum atomic E-state index is 0.589. The van der Waals surface area contributed by atoms with Gasteiger partial charge in [-0.05, 0) is 74.8 Å². The number of furan rings is 1. The maximum Gasteiger partial charge on any atom is 0.164 e. The number of nitrogens with zero attached hydrogens (tertiary/aromatic N) is 4. The fraction of sp³-hybridized carbons (Fsp3) is 0. The lowest BCUT2D eigenvalue weighted by molar-refractivity contribution is 0.477. The van der Waals surface area contributed by atoms with Crippen LogP contribution < -0.4 is 9.64 Å². The highest BCUT2D eigenvalue weighted by atomic mass is 16.5. The van der Waals surface area contributed by atoms with E-state index in [1.807, 2.05) is 78.9 Å². The molecule has 0 N–H and O–H groups in total. The zero-order valence-corrected chi connectivity index (χ0v) is 30.4. The Bertz CT molecular complexity index is 3340. The van der Waals surface area contributed by atoms with E-state index in [2.05, 4.69) is 108 Å². The predicted octanol–water partition coefficient (Wildman–Crippen LogP) is 13.8. The van der Waals surface area contributed by atoms with Gasteiger partial charge in [-0.1, -0.05) is 133 Å². The van der Waals surface area contributed by atoms with E-state index in [1.165, 1.54) is 32.3 Å². The third-order valence-electron chi connectivity index (χ3n) is 11.0. The van der Waals surface area contributed by atoms with Crippen LogP contribution in [0.3, 0.4) is 0 Å². The topological polar surface area (TPSA) is 64.3 Å². The van der Waals surface area contributed by atoms with E-state index >= 15 is 0 Å². The Labute approximate surface area is 326 Å². The van der Waals surface area contributed by atoms with E-state index < -0.39 is 0 Å². The van der Waals surface area contributed by atoms with Crippen LogP contribution in [0.1, 0.15) is 0 Å². The summed E-state index contributed by atoms with van der Waals surface area (Å²) in [5.41, 5.74) is 7.08. The van der Waals surface area contributed by atoms with Crippen LogP contribution in [-0.4, -0.2) is 15.0 Å². The number of fused-ring (bicyclic) bond motifs is 11. The summed E-state index contributed by atoms with van der Waals surface area (Å²) in [5.74, 6) is 3.34. The molecule has 2 aromatic heterocycles. The quantitative estimate of drug-likeness (QED) is 0.168. The molecular weight excluding hydrogens is 701 g/mol. The SMILES string of the molecule is c1ccc(-c2nc(-c3ccccc3)nc(-c3cccc(N4c5ccccc5Oc5cc6c(cc54)oc4cc5c7ccccc7c7ccccc7c5cc46)c3)n2)cc1. The fourth-order valence-electron chi connectivity index (χ4n) is 8.42. The number of aromatic nitrogens is 3. The Morgan fingerprint density at radius 3 is 1.51 bits per heavy atom. The highest BCUT2D eigenvalue weighted by Crippen LogP contribution is 2.53. The van der Waals surface area contributed by atoms with Crippen molar-refractivity contribution >= 4 is 71.3 Å². The van der Waals surface area contributed by atoms with Crippen LogP contribution >= 0.6 is 0 Å². The van der Waals surface area contributed by atoms with Crippen molar-refractivity contribution in [2.24, 2.45) is 0 Å². The van der Waals surface area contributed by atoms with Gasteiger partial charge in [0.05, 0.1) is 11.4 Å². The lowest BCUT2D eigenvalue weighted by Crippen LogP contribution is -2.15. The number of para-hydroxylation sites is 2. The average Bonchev–Trinajstić information content (AvgIpc) is 3.63. The van der Waals surface area contributed by atoms with Gasteiger partial charge < -0.3 is 14.1 Å². The summed E-state index contributed by atoms with van der Waals surface area (Å²) >= 11 is 0. The van der Waals surface area contributed by atoms with Crippen LogP contribution in [-0.2, 0) is 0 Å². The summed E-state index contributed by atoms with van der Waals surface area (Å²) in [4.78, 5) is 17.2. The molecule has 6 nitrogen and oxygen atoms in total. The summed E-state index contributed by atoms with van der Waals surface area (Å²) in [5, 5.41) is 9.34. The lowest BCUT2D eigenvalue weighted by atomic mass is 9.93. The monoisotopic (exact) mass is 730 g/mol. The average molecular weight is 731 g/mol. The highest BCUT2D eigenvalue weighted by molar-refractivity contribution is 6.28. The van der Waals surface area contributed by atoms with Crippen LogP contribution in [0.5, 0.6) is 11.5 Å². The number of ether oxygens (including phenoxy) is 1. The minimum Gasteiger partial charge on any atom is -0.456 e. The lowest BCUT2D eigenvalue weighted by Gasteiger charge is -2.33. The molecule has 0 spiro atoms. The first-order valence-corrected chi connectivity index (χ1v) is 19.0. The van der Waals surface area contributed by atoms with Crippen molar-refractivity contribution in [3.63, 3.8) is 0 Å². The number of rotatable bonds is 4. The summed E-state index contributed by atoms with van der Waals surface area (Å²) < 4.78 is 13.5. The van der Waals surface area contributed by atoms with Gasteiger partial charge in [0.2, 0.25) is 0 Å². The first-order chi connectivity index (χ1) is 28.2. The Hall–Kier alpha value is -7.83. The number of hydrogen-bond acceptors (Lipinski definition) is 6. The van der Waals surface area contributed by atoms with Gasteiger partial charge in [-0.15, -0.1) is 0 Å². The largest absolute Gasteiger partial charge is 0.456 e. The molecule has 0 aliphatic carbocycles. The van der Waals surface area contributed by atoms with Gasteiger partial charge in [0.1, 0.15) is 11.2 Å². The second kappa shape index (κ2) is 12.3. The first-order valence-electron chi connectivity index (χ1n) is 19.0. The molecule has 0 unspecified atom stereocenters. The van der Waals surface area contributed by atoms with E-state index in [9.17, 15) is 0 Å². The van der Waals surface area contributed by atoms with Gasteiger partial charge >= 0.3 is 0 Å². The highest BCUT2D eigenvalue weighted by Gasteiger charge is 2.28. The zero-order chi connectivity index (χ0) is 37.5. The van der Waals surface area contributed by atoms with Crippen molar-refractivity contribution in [1.29, 1.82) is 0 Å². The molecule has 0 saturated heterocycles. The number of benzene rings is 9. The molecule has 9 aromatic carbocycles. The molecule has 6 heteroatoms. The summed E-state index contributed by atoms with van der Waals surface area (Å²) in [6.45, 7) is 0. The molecule has 11 aromatic rings. The second-order valence-electron chi connectivity index (χ2n) is 14.4. The van der Waals surface area contributed by atoms with E-state index in [0.717, 1.165) is 67.2 Å². The maximum absolute atomic E-state index is 6.75. The van der Waals surface area contributed by atoms with Crippen molar-refractivity contribution in [3.05, 3.63) is 182 Å². The second-order valence-corrected chi connectivity index (χ2v) is 14.4. The van der Waals surface area contributed by atoms with Crippen LogP contribution in [0.25, 0.3) is 88.4 Å². The van der Waals surface area contributed by atoms with Crippen molar-refractivity contribution in [2.75, 3.05) is 4.90 Å². The first kappa shape index (κ1) is 31.5. The summed E-state index contributed by atoms with van der Waals surface area (Å²) in [7, 11) is 0. The van der Waals surface area contributed by atoms with E-state index in [4.69, 9.17) is 24.1 Å². The standard InChI is InChI=1S/C51H30N4O2/c1-3-14-31(15-4-1)49-52-50(32-16-5-2-6-17-32)54-51(53-49)33-18-13-19-34(26-33)55-43-24-11-12-25-45(43)56-48-29-42-41-27-39-37-22-9-7-20-35(37)36-21-8-10-23-38(36)40(39)28-46(41)57-47(42)30-44(48)55/h1-30H. The molecule has 0 amide bonds. The molecule has 0 fully saturated rings. The van der Waals surface area contributed by atoms with Crippen LogP contribution in [0.4, 0.5) is 17.1 Å². The van der Waals surface area contributed by atoms with Crippen LogP contribution in [0.2, 0.25) is 0 Å². The van der Waals surface area contributed by atoms with Gasteiger partial charge in [-0.2, -0.15) is 0 Å². The minimum absolute atomic E-state index is 0.589. The maximum atomic E-state index is 6.75. The van der Waals surface area contributed by atoms with Crippen molar-refractivity contribution in [2.45, 2.75) is 0 Å². The molecule has 0 bridgehead atoms. The Kier molecular flexibility index (Phi) is 6.83. The molecule has 1 aliphatic heterocycles. The van der Waals surface area contributed by atoms with Gasteiger partial charge in [-0.25, -0.2) is 15.0 Å². The fourth-order valence-corrected chi connectivity index (χ4v) is 8.42. The molecule has 57 heavy (non-hydrogen) atoms. The Morgan fingerprint density at radius 2 is 0.842 bits per heavy atom. The molecule has 3 heterocycles. The van der Waals surface area contributed by atoms with Crippen molar-refractivity contribution in [1.82, 2.24) is 15.0 Å². The summed E-state index contributed by atoms with van der Waals surface area (Å²) in [6.07, 6.45) is 0. The van der Waals surface area contributed by atoms with Crippen LogP contribution in [0, 0.1) is 0 Å². The third-order valence-corrected chi connectivity index (χ3v) is 11.0. The molecular formula is C51H30N4O2. The van der Waals surface area contributed by atoms with Crippen molar-refractivity contribution < 1.29 is 9.15 Å². The van der Waals surface area contributed by atoms with Gasteiger partial charge in [-0.3, -0.25) is 0 Å². The zero-order valence-electron chi connectivity index (χ0n) is 30.4. The molecule has 1 aliphatic rings. The van der Waals surface area contributed by atoms with E-state index in [0.29, 0.717) is 17.5 Å². The Balaban J connectivity index is 1.04. The number of anilines is 3. The van der Waals surface area contributed by atoms with Gasteiger partial charge in [0, 0.05) is 39.2 Å². The predicted molar refractivity (Wildman–Crippen MR) is 231 cm³/mol.